The topological polar surface area (TPSA) is 72.4 Å². The summed E-state index contributed by atoms with van der Waals surface area (Å²) in [6.07, 6.45) is 0. The molecular formula is C14H22ClN3O2. The first-order valence-electron chi connectivity index (χ1n) is 6.64. The van der Waals surface area contributed by atoms with E-state index in [-0.39, 0.29) is 16.0 Å². The third kappa shape index (κ3) is 4.74. The highest BCUT2D eigenvalue weighted by molar-refractivity contribution is 6.30. The van der Waals surface area contributed by atoms with Crippen molar-refractivity contribution in [2.45, 2.75) is 27.3 Å². The summed E-state index contributed by atoms with van der Waals surface area (Å²) in [5.74, 6) is 0. The lowest BCUT2D eigenvalue weighted by Gasteiger charge is -2.31. The molecule has 0 spiro atoms. The SMILES string of the molecule is CCN(Cc1cc(Cl)ccc1[N+](=O)[O-])CC(C)(C)CN. The standard InChI is InChI=1S/C14H22ClN3O2/c1-4-17(10-14(2,3)9-16)8-11-7-12(15)5-6-13(11)18(19)20/h5-7H,4,8-10,16H2,1-3H3. The van der Waals surface area contributed by atoms with Crippen LogP contribution in [0.15, 0.2) is 18.2 Å². The summed E-state index contributed by atoms with van der Waals surface area (Å²) in [5.41, 5.74) is 6.47. The second-order valence-corrected chi connectivity index (χ2v) is 6.14. The molecule has 1 aromatic carbocycles. The second-order valence-electron chi connectivity index (χ2n) is 5.70. The minimum Gasteiger partial charge on any atom is -0.330 e. The van der Waals surface area contributed by atoms with Gasteiger partial charge in [-0.05, 0) is 30.6 Å². The number of rotatable bonds is 7. The summed E-state index contributed by atoms with van der Waals surface area (Å²) < 4.78 is 0. The Hall–Kier alpha value is -1.17. The van der Waals surface area contributed by atoms with Gasteiger partial charge in [0, 0.05) is 29.7 Å². The van der Waals surface area contributed by atoms with E-state index in [0.29, 0.717) is 23.7 Å². The molecule has 1 rings (SSSR count). The number of hydrogen-bond acceptors (Lipinski definition) is 4. The van der Waals surface area contributed by atoms with E-state index in [4.69, 9.17) is 17.3 Å². The maximum atomic E-state index is 11.1. The Bertz CT molecular complexity index is 477. The van der Waals surface area contributed by atoms with Crippen molar-refractivity contribution in [1.29, 1.82) is 0 Å². The van der Waals surface area contributed by atoms with Gasteiger partial charge in [-0.2, -0.15) is 0 Å². The number of nitrogens with two attached hydrogens (primary N) is 1. The molecule has 0 amide bonds. The Morgan fingerprint density at radius 3 is 2.60 bits per heavy atom. The van der Waals surface area contributed by atoms with Gasteiger partial charge in [-0.1, -0.05) is 32.4 Å². The van der Waals surface area contributed by atoms with Crippen LogP contribution in [0.4, 0.5) is 5.69 Å². The van der Waals surface area contributed by atoms with Crippen LogP contribution in [0.5, 0.6) is 0 Å². The fraction of sp³-hybridized carbons (Fsp3) is 0.571. The van der Waals surface area contributed by atoms with Crippen molar-refractivity contribution in [1.82, 2.24) is 4.90 Å². The van der Waals surface area contributed by atoms with Crippen molar-refractivity contribution in [3.05, 3.63) is 38.9 Å². The molecule has 0 saturated carbocycles. The molecule has 20 heavy (non-hydrogen) atoms. The largest absolute Gasteiger partial charge is 0.330 e. The van der Waals surface area contributed by atoms with Crippen molar-refractivity contribution in [2.24, 2.45) is 11.1 Å². The summed E-state index contributed by atoms with van der Waals surface area (Å²) in [7, 11) is 0. The molecule has 0 atom stereocenters. The molecule has 6 heteroatoms. The smallest absolute Gasteiger partial charge is 0.273 e. The average molecular weight is 300 g/mol. The van der Waals surface area contributed by atoms with E-state index in [0.717, 1.165) is 13.1 Å². The molecule has 0 fully saturated rings. The van der Waals surface area contributed by atoms with Crippen molar-refractivity contribution < 1.29 is 4.92 Å². The van der Waals surface area contributed by atoms with Gasteiger partial charge in [0.25, 0.3) is 5.69 Å². The molecule has 0 aliphatic heterocycles. The molecule has 0 aliphatic rings. The molecular weight excluding hydrogens is 278 g/mol. The highest BCUT2D eigenvalue weighted by Gasteiger charge is 2.22. The van der Waals surface area contributed by atoms with Crippen molar-refractivity contribution in [3.8, 4) is 0 Å². The molecule has 0 unspecified atom stereocenters. The maximum Gasteiger partial charge on any atom is 0.273 e. The number of benzene rings is 1. The fourth-order valence-corrected chi connectivity index (χ4v) is 2.24. The van der Waals surface area contributed by atoms with E-state index in [1.807, 2.05) is 6.92 Å². The molecule has 112 valence electrons. The van der Waals surface area contributed by atoms with Crippen molar-refractivity contribution in [3.63, 3.8) is 0 Å². The van der Waals surface area contributed by atoms with Crippen LogP contribution < -0.4 is 5.73 Å². The quantitative estimate of drug-likeness (QED) is 0.620. The highest BCUT2D eigenvalue weighted by Crippen LogP contribution is 2.25. The molecule has 0 aliphatic carbocycles. The summed E-state index contributed by atoms with van der Waals surface area (Å²) >= 11 is 5.95. The second kappa shape index (κ2) is 7.02. The third-order valence-electron chi connectivity index (χ3n) is 3.28. The van der Waals surface area contributed by atoms with Crippen LogP contribution in [0, 0.1) is 15.5 Å². The zero-order valence-electron chi connectivity index (χ0n) is 12.2. The minimum absolute atomic E-state index is 0.0244. The van der Waals surface area contributed by atoms with Gasteiger partial charge in [-0.25, -0.2) is 0 Å². The maximum absolute atomic E-state index is 11.1. The van der Waals surface area contributed by atoms with Gasteiger partial charge in [0.05, 0.1) is 4.92 Å². The molecule has 1 aromatic rings. The lowest BCUT2D eigenvalue weighted by molar-refractivity contribution is -0.385. The Morgan fingerprint density at radius 1 is 1.45 bits per heavy atom. The monoisotopic (exact) mass is 299 g/mol. The zero-order chi connectivity index (χ0) is 15.3. The van der Waals surface area contributed by atoms with Crippen LogP contribution in [0.2, 0.25) is 5.02 Å². The van der Waals surface area contributed by atoms with Gasteiger partial charge in [-0.3, -0.25) is 15.0 Å². The van der Waals surface area contributed by atoms with Gasteiger partial charge in [-0.15, -0.1) is 0 Å². The lowest BCUT2D eigenvalue weighted by atomic mass is 9.93. The normalized spacial score (nSPS) is 11.9. The van der Waals surface area contributed by atoms with Gasteiger partial charge in [0.2, 0.25) is 0 Å². The molecule has 2 N–H and O–H groups in total. The van der Waals surface area contributed by atoms with Crippen LogP contribution in [0.3, 0.4) is 0 Å². The van der Waals surface area contributed by atoms with Crippen LogP contribution >= 0.6 is 11.6 Å². The Balaban J connectivity index is 2.95. The molecule has 0 aromatic heterocycles. The summed E-state index contributed by atoms with van der Waals surface area (Å²) in [6, 6.07) is 4.67. The van der Waals surface area contributed by atoms with Crippen LogP contribution in [-0.4, -0.2) is 29.5 Å². The number of halogens is 1. The number of nitro groups is 1. The van der Waals surface area contributed by atoms with Crippen molar-refractivity contribution in [2.75, 3.05) is 19.6 Å². The molecule has 0 heterocycles. The van der Waals surface area contributed by atoms with Gasteiger partial charge in [0.1, 0.15) is 0 Å². The fourth-order valence-electron chi connectivity index (χ4n) is 2.05. The van der Waals surface area contributed by atoms with Gasteiger partial charge in [0.15, 0.2) is 0 Å². The predicted molar refractivity (Wildman–Crippen MR) is 81.9 cm³/mol. The predicted octanol–water partition coefficient (Wildman–Crippen LogP) is 3.06. The number of nitrogens with zero attached hydrogens (tertiary/aromatic N) is 2. The van der Waals surface area contributed by atoms with E-state index in [1.54, 1.807) is 12.1 Å². The van der Waals surface area contributed by atoms with Gasteiger partial charge >= 0.3 is 0 Å². The summed E-state index contributed by atoms with van der Waals surface area (Å²) in [5, 5.41) is 11.6. The minimum atomic E-state index is -0.367. The number of nitro benzene ring substituents is 1. The average Bonchev–Trinajstić information content (AvgIpc) is 2.37. The first kappa shape index (κ1) is 16.9. The van der Waals surface area contributed by atoms with Crippen molar-refractivity contribution >= 4 is 17.3 Å². The van der Waals surface area contributed by atoms with Crippen LogP contribution in [0.25, 0.3) is 0 Å². The Kier molecular flexibility index (Phi) is 5.92. The first-order chi connectivity index (χ1) is 9.29. The third-order valence-corrected chi connectivity index (χ3v) is 3.52. The van der Waals surface area contributed by atoms with E-state index >= 15 is 0 Å². The zero-order valence-corrected chi connectivity index (χ0v) is 13.0. The van der Waals surface area contributed by atoms with E-state index in [2.05, 4.69) is 18.7 Å². The lowest BCUT2D eigenvalue weighted by Crippen LogP contribution is -2.38. The summed E-state index contributed by atoms with van der Waals surface area (Å²) in [4.78, 5) is 12.8. The van der Waals surface area contributed by atoms with Crippen LogP contribution in [-0.2, 0) is 6.54 Å². The van der Waals surface area contributed by atoms with E-state index in [1.165, 1.54) is 6.07 Å². The molecule has 0 bridgehead atoms. The molecule has 5 nitrogen and oxygen atoms in total. The first-order valence-corrected chi connectivity index (χ1v) is 7.02. The number of hydrogen-bond donors (Lipinski definition) is 1. The van der Waals surface area contributed by atoms with Gasteiger partial charge < -0.3 is 5.73 Å². The molecule has 0 radical (unpaired) electrons. The Morgan fingerprint density at radius 2 is 2.10 bits per heavy atom. The summed E-state index contributed by atoms with van der Waals surface area (Å²) in [6.45, 7) is 8.85. The highest BCUT2D eigenvalue weighted by atomic mass is 35.5. The van der Waals surface area contributed by atoms with E-state index in [9.17, 15) is 10.1 Å². The Labute approximate surface area is 124 Å². The van der Waals surface area contributed by atoms with E-state index < -0.39 is 0 Å². The van der Waals surface area contributed by atoms with Crippen LogP contribution in [0.1, 0.15) is 26.3 Å². The molecule has 0 saturated heterocycles.